The first-order valence-electron chi connectivity index (χ1n) is 9.23. The van der Waals surface area contributed by atoms with E-state index in [9.17, 15) is 4.79 Å². The summed E-state index contributed by atoms with van der Waals surface area (Å²) in [6, 6.07) is 18.1. The second-order valence-corrected chi connectivity index (χ2v) is 8.01. The number of carbonyl (C=O) groups is 1. The fourth-order valence-corrected chi connectivity index (χ4v) is 3.95. The molecule has 140 valence electrons. The fourth-order valence-electron chi connectivity index (χ4n) is 3.07. The van der Waals surface area contributed by atoms with Crippen LogP contribution in [0.4, 0.5) is 0 Å². The molecule has 27 heavy (non-hydrogen) atoms. The van der Waals surface area contributed by atoms with Gasteiger partial charge in [-0.15, -0.1) is 0 Å². The number of hydrogen-bond acceptors (Lipinski definition) is 4. The largest absolute Gasteiger partial charge is 0.349 e. The Labute approximate surface area is 164 Å². The van der Waals surface area contributed by atoms with E-state index < -0.39 is 0 Å². The number of thioether (sulfide) groups is 1. The normalized spacial score (nSPS) is 12.3. The van der Waals surface area contributed by atoms with E-state index in [1.807, 2.05) is 49.4 Å². The third-order valence-electron chi connectivity index (χ3n) is 4.26. The molecule has 0 radical (unpaired) electrons. The van der Waals surface area contributed by atoms with Gasteiger partial charge in [0.1, 0.15) is 10.9 Å². The number of aromatic nitrogens is 2. The first-order valence-corrected chi connectivity index (χ1v) is 10.2. The van der Waals surface area contributed by atoms with Crippen LogP contribution in [0.15, 0.2) is 59.6 Å². The van der Waals surface area contributed by atoms with Crippen molar-refractivity contribution in [2.24, 2.45) is 5.92 Å². The standard InChI is InChI=1S/C22H25N3OS/c1-15(2)13-20(17-9-5-4-6-10-17)25-21(26)14-27-22-18-11-7-8-12-19(18)23-16(3)24-22/h4-12,15,20H,13-14H2,1-3H3,(H,25,26). The maximum Gasteiger partial charge on any atom is 0.230 e. The molecular weight excluding hydrogens is 354 g/mol. The molecule has 0 bridgehead atoms. The highest BCUT2D eigenvalue weighted by Crippen LogP contribution is 2.26. The Balaban J connectivity index is 1.70. The van der Waals surface area contributed by atoms with Gasteiger partial charge < -0.3 is 5.32 Å². The Morgan fingerprint density at radius 1 is 1.04 bits per heavy atom. The Morgan fingerprint density at radius 3 is 2.48 bits per heavy atom. The SMILES string of the molecule is Cc1nc(SCC(=O)NC(CC(C)C)c2ccccc2)c2ccccc2n1. The number of amides is 1. The first-order chi connectivity index (χ1) is 13.0. The van der Waals surface area contributed by atoms with Crippen molar-refractivity contribution >= 4 is 28.6 Å². The minimum Gasteiger partial charge on any atom is -0.349 e. The van der Waals surface area contributed by atoms with Crippen molar-refractivity contribution < 1.29 is 4.79 Å². The molecular formula is C22H25N3OS. The van der Waals surface area contributed by atoms with Crippen LogP contribution in [0.2, 0.25) is 0 Å². The zero-order valence-electron chi connectivity index (χ0n) is 16.0. The lowest BCUT2D eigenvalue weighted by atomic mass is 9.97. The predicted octanol–water partition coefficient (Wildman–Crippen LogP) is 4.93. The van der Waals surface area contributed by atoms with Gasteiger partial charge in [0.25, 0.3) is 0 Å². The summed E-state index contributed by atoms with van der Waals surface area (Å²) in [6.45, 7) is 6.23. The first kappa shape index (κ1) is 19.4. The summed E-state index contributed by atoms with van der Waals surface area (Å²) in [5, 5.41) is 5.04. The van der Waals surface area contributed by atoms with Crippen molar-refractivity contribution in [1.82, 2.24) is 15.3 Å². The summed E-state index contributed by atoms with van der Waals surface area (Å²) in [6.07, 6.45) is 0.913. The van der Waals surface area contributed by atoms with E-state index in [-0.39, 0.29) is 11.9 Å². The molecule has 1 unspecified atom stereocenters. The molecule has 1 atom stereocenters. The number of rotatable bonds is 7. The Bertz CT molecular complexity index is 912. The molecule has 0 fully saturated rings. The van der Waals surface area contributed by atoms with Crippen LogP contribution in [0.3, 0.4) is 0 Å². The van der Waals surface area contributed by atoms with Gasteiger partial charge in [0.05, 0.1) is 17.3 Å². The molecule has 3 rings (SSSR count). The zero-order valence-corrected chi connectivity index (χ0v) is 16.8. The summed E-state index contributed by atoms with van der Waals surface area (Å²) in [5.74, 6) is 1.58. The fraction of sp³-hybridized carbons (Fsp3) is 0.318. The summed E-state index contributed by atoms with van der Waals surface area (Å²) in [4.78, 5) is 21.6. The number of carbonyl (C=O) groups excluding carboxylic acids is 1. The quantitative estimate of drug-likeness (QED) is 0.467. The molecule has 1 N–H and O–H groups in total. The molecule has 3 aromatic rings. The summed E-state index contributed by atoms with van der Waals surface area (Å²) in [5.41, 5.74) is 2.06. The third-order valence-corrected chi connectivity index (χ3v) is 5.26. The number of hydrogen-bond donors (Lipinski definition) is 1. The number of fused-ring (bicyclic) bond motifs is 1. The van der Waals surface area contributed by atoms with Gasteiger partial charge in [-0.25, -0.2) is 9.97 Å². The zero-order chi connectivity index (χ0) is 19.2. The van der Waals surface area contributed by atoms with E-state index in [1.165, 1.54) is 11.8 Å². The number of nitrogens with one attached hydrogen (secondary N) is 1. The van der Waals surface area contributed by atoms with Gasteiger partial charge in [-0.2, -0.15) is 0 Å². The second-order valence-electron chi connectivity index (χ2n) is 7.04. The van der Waals surface area contributed by atoms with Crippen LogP contribution in [-0.4, -0.2) is 21.6 Å². The highest BCUT2D eigenvalue weighted by Gasteiger charge is 2.17. The van der Waals surface area contributed by atoms with Crippen molar-refractivity contribution in [3.63, 3.8) is 0 Å². The lowest BCUT2D eigenvalue weighted by molar-refractivity contribution is -0.119. The van der Waals surface area contributed by atoms with Gasteiger partial charge in [-0.05, 0) is 30.9 Å². The van der Waals surface area contributed by atoms with Crippen molar-refractivity contribution in [2.75, 3.05) is 5.75 Å². The number of nitrogens with zero attached hydrogens (tertiary/aromatic N) is 2. The Hall–Kier alpha value is -2.40. The van der Waals surface area contributed by atoms with Gasteiger partial charge >= 0.3 is 0 Å². The van der Waals surface area contributed by atoms with Gasteiger partial charge in [0, 0.05) is 5.39 Å². The van der Waals surface area contributed by atoms with Crippen LogP contribution >= 0.6 is 11.8 Å². The van der Waals surface area contributed by atoms with Crippen LogP contribution < -0.4 is 5.32 Å². The lowest BCUT2D eigenvalue weighted by Gasteiger charge is -2.21. The van der Waals surface area contributed by atoms with Crippen molar-refractivity contribution in [3.8, 4) is 0 Å². The minimum atomic E-state index is 0.0230. The van der Waals surface area contributed by atoms with Crippen molar-refractivity contribution in [1.29, 1.82) is 0 Å². The van der Waals surface area contributed by atoms with Crippen LogP contribution in [0, 0.1) is 12.8 Å². The smallest absolute Gasteiger partial charge is 0.230 e. The molecule has 0 spiro atoms. The van der Waals surface area contributed by atoms with E-state index in [1.54, 1.807) is 0 Å². The molecule has 1 amide bonds. The summed E-state index contributed by atoms with van der Waals surface area (Å²) < 4.78 is 0. The molecule has 2 aromatic carbocycles. The highest BCUT2D eigenvalue weighted by atomic mass is 32.2. The minimum absolute atomic E-state index is 0.0230. The molecule has 1 aromatic heterocycles. The molecule has 0 saturated carbocycles. The number of para-hydroxylation sites is 1. The van der Waals surface area contributed by atoms with E-state index in [2.05, 4.69) is 41.3 Å². The lowest BCUT2D eigenvalue weighted by Crippen LogP contribution is -2.30. The average Bonchev–Trinajstić information content (AvgIpc) is 2.66. The van der Waals surface area contributed by atoms with E-state index in [4.69, 9.17) is 0 Å². The summed E-state index contributed by atoms with van der Waals surface area (Å²) >= 11 is 1.47. The second kappa shape index (κ2) is 9.00. The summed E-state index contributed by atoms with van der Waals surface area (Å²) in [7, 11) is 0. The average molecular weight is 380 g/mol. The van der Waals surface area contributed by atoms with Crippen LogP contribution in [-0.2, 0) is 4.79 Å². The van der Waals surface area contributed by atoms with Crippen molar-refractivity contribution in [3.05, 3.63) is 66.0 Å². The Morgan fingerprint density at radius 2 is 1.74 bits per heavy atom. The van der Waals surface area contributed by atoms with E-state index in [0.717, 1.165) is 33.7 Å². The van der Waals surface area contributed by atoms with Gasteiger partial charge in [0.15, 0.2) is 0 Å². The maximum atomic E-state index is 12.6. The third kappa shape index (κ3) is 5.30. The van der Waals surface area contributed by atoms with Crippen LogP contribution in [0.5, 0.6) is 0 Å². The topological polar surface area (TPSA) is 54.9 Å². The van der Waals surface area contributed by atoms with Gasteiger partial charge in [-0.1, -0.05) is 74.1 Å². The monoisotopic (exact) mass is 379 g/mol. The molecule has 0 saturated heterocycles. The maximum absolute atomic E-state index is 12.6. The molecule has 0 aliphatic rings. The molecule has 5 heteroatoms. The van der Waals surface area contributed by atoms with Crippen LogP contribution in [0.25, 0.3) is 10.9 Å². The predicted molar refractivity (Wildman–Crippen MR) is 112 cm³/mol. The Kier molecular flexibility index (Phi) is 6.45. The van der Waals surface area contributed by atoms with Gasteiger partial charge in [-0.3, -0.25) is 4.79 Å². The van der Waals surface area contributed by atoms with Crippen LogP contribution in [0.1, 0.15) is 37.7 Å². The van der Waals surface area contributed by atoms with E-state index in [0.29, 0.717) is 11.7 Å². The highest BCUT2D eigenvalue weighted by molar-refractivity contribution is 8.00. The number of benzene rings is 2. The van der Waals surface area contributed by atoms with Gasteiger partial charge in [0.2, 0.25) is 5.91 Å². The molecule has 0 aliphatic carbocycles. The molecule has 0 aliphatic heterocycles. The van der Waals surface area contributed by atoms with E-state index >= 15 is 0 Å². The number of aryl methyl sites for hydroxylation is 1. The van der Waals surface area contributed by atoms with Crippen molar-refractivity contribution in [2.45, 2.75) is 38.3 Å². The molecule has 1 heterocycles. The molecule has 4 nitrogen and oxygen atoms in total.